The van der Waals surface area contributed by atoms with Crippen molar-refractivity contribution in [2.45, 2.75) is 13.8 Å². The Labute approximate surface area is 177 Å². The zero-order valence-corrected chi connectivity index (χ0v) is 18.3. The van der Waals surface area contributed by atoms with Crippen LogP contribution in [0.3, 0.4) is 0 Å². The van der Waals surface area contributed by atoms with Gasteiger partial charge in [0.2, 0.25) is 10.0 Å². The molecule has 0 spiro atoms. The Balaban J connectivity index is 1.51. The van der Waals surface area contributed by atoms with Gasteiger partial charge >= 0.3 is 0 Å². The van der Waals surface area contributed by atoms with E-state index < -0.39 is 10.0 Å². The molecule has 0 aromatic heterocycles. The summed E-state index contributed by atoms with van der Waals surface area (Å²) < 4.78 is 26.8. The van der Waals surface area contributed by atoms with Gasteiger partial charge in [-0.05, 0) is 38.1 Å². The second-order valence-electron chi connectivity index (χ2n) is 7.29. The number of amides is 1. The summed E-state index contributed by atoms with van der Waals surface area (Å²) in [4.78, 5) is 14.4. The van der Waals surface area contributed by atoms with Gasteiger partial charge in [-0.1, -0.05) is 40.9 Å². The summed E-state index contributed by atoms with van der Waals surface area (Å²) in [5.74, 6) is -0.370. The minimum atomic E-state index is -3.43. The predicted octanol–water partition coefficient (Wildman–Crippen LogP) is 2.84. The number of piperazine rings is 1. The number of carbonyl (C=O) groups is 1. The number of nitrogens with zero attached hydrogens (tertiary/aromatic N) is 2. The first-order valence-electron chi connectivity index (χ1n) is 9.60. The molecule has 29 heavy (non-hydrogen) atoms. The molecule has 6 nitrogen and oxygen atoms in total. The molecule has 1 N–H and O–H groups in total. The first-order chi connectivity index (χ1) is 13.8. The molecule has 1 aliphatic heterocycles. The highest BCUT2D eigenvalue weighted by Gasteiger charge is 2.27. The van der Waals surface area contributed by atoms with Crippen LogP contribution in [-0.4, -0.2) is 57.1 Å². The summed E-state index contributed by atoms with van der Waals surface area (Å²) in [6.45, 7) is 5.90. The fourth-order valence-corrected chi connectivity index (χ4v) is 5.14. The molecule has 0 radical (unpaired) electrons. The van der Waals surface area contributed by atoms with Gasteiger partial charge in [-0.15, -0.1) is 0 Å². The summed E-state index contributed by atoms with van der Waals surface area (Å²) >= 11 is 6.24. The van der Waals surface area contributed by atoms with Crippen LogP contribution in [0.15, 0.2) is 42.5 Å². The van der Waals surface area contributed by atoms with Gasteiger partial charge < -0.3 is 10.2 Å². The molecular weight excluding hydrogens is 410 g/mol. The summed E-state index contributed by atoms with van der Waals surface area (Å²) in [7, 11) is -3.43. The van der Waals surface area contributed by atoms with Crippen molar-refractivity contribution in [1.82, 2.24) is 9.62 Å². The average Bonchev–Trinajstić information content (AvgIpc) is 2.67. The van der Waals surface area contributed by atoms with Crippen molar-refractivity contribution in [3.05, 3.63) is 64.2 Å². The van der Waals surface area contributed by atoms with Crippen molar-refractivity contribution in [1.29, 1.82) is 0 Å². The van der Waals surface area contributed by atoms with E-state index in [1.165, 1.54) is 4.31 Å². The largest absolute Gasteiger partial charge is 0.368 e. The number of halogens is 1. The number of rotatable bonds is 6. The van der Waals surface area contributed by atoms with Crippen LogP contribution in [0.25, 0.3) is 0 Å². The fourth-order valence-electron chi connectivity index (χ4n) is 3.55. The zero-order chi connectivity index (χ0) is 21.0. The third kappa shape index (κ3) is 5.50. The molecule has 2 aromatic rings. The van der Waals surface area contributed by atoms with Crippen LogP contribution in [0.5, 0.6) is 0 Å². The topological polar surface area (TPSA) is 69.7 Å². The molecular formula is C21H26ClN3O3S. The van der Waals surface area contributed by atoms with Crippen molar-refractivity contribution in [2.75, 3.05) is 43.4 Å². The maximum atomic E-state index is 12.7. The number of carbonyl (C=O) groups excluding carboxylic acids is 1. The Morgan fingerprint density at radius 1 is 1.03 bits per heavy atom. The Kier molecular flexibility index (Phi) is 6.82. The van der Waals surface area contributed by atoms with Crippen LogP contribution >= 0.6 is 11.6 Å². The SMILES string of the molecule is Cc1cc(C)cc(C(=O)NCCS(=O)(=O)N2CCN(c3ccccc3Cl)CC2)c1. The summed E-state index contributed by atoms with van der Waals surface area (Å²) in [5, 5.41) is 3.38. The molecule has 156 valence electrons. The van der Waals surface area contributed by atoms with Crippen LogP contribution in [-0.2, 0) is 10.0 Å². The number of para-hydroxylation sites is 1. The molecule has 2 aromatic carbocycles. The minimum Gasteiger partial charge on any atom is -0.368 e. The third-order valence-corrected chi connectivity index (χ3v) is 7.15. The van der Waals surface area contributed by atoms with Crippen molar-refractivity contribution >= 4 is 33.2 Å². The van der Waals surface area contributed by atoms with E-state index in [1.807, 2.05) is 44.2 Å². The predicted molar refractivity (Wildman–Crippen MR) is 117 cm³/mol. The lowest BCUT2D eigenvalue weighted by Crippen LogP contribution is -2.50. The smallest absolute Gasteiger partial charge is 0.251 e. The van der Waals surface area contributed by atoms with Crippen LogP contribution in [0.1, 0.15) is 21.5 Å². The van der Waals surface area contributed by atoms with Crippen LogP contribution in [0.4, 0.5) is 5.69 Å². The molecule has 0 atom stereocenters. The van der Waals surface area contributed by atoms with E-state index in [9.17, 15) is 13.2 Å². The van der Waals surface area contributed by atoms with Gasteiger partial charge in [0.25, 0.3) is 5.91 Å². The van der Waals surface area contributed by atoms with Crippen LogP contribution in [0.2, 0.25) is 5.02 Å². The lowest BCUT2D eigenvalue weighted by Gasteiger charge is -2.35. The van der Waals surface area contributed by atoms with Gasteiger partial charge in [-0.3, -0.25) is 4.79 Å². The van der Waals surface area contributed by atoms with Crippen molar-refractivity contribution < 1.29 is 13.2 Å². The molecule has 1 aliphatic rings. The highest BCUT2D eigenvalue weighted by molar-refractivity contribution is 7.89. The van der Waals surface area contributed by atoms with E-state index in [0.29, 0.717) is 36.8 Å². The van der Waals surface area contributed by atoms with E-state index >= 15 is 0 Å². The van der Waals surface area contributed by atoms with Crippen molar-refractivity contribution in [3.8, 4) is 0 Å². The second kappa shape index (κ2) is 9.15. The molecule has 1 amide bonds. The van der Waals surface area contributed by atoms with E-state index in [-0.39, 0.29) is 18.2 Å². The Bertz CT molecular complexity index is 966. The summed E-state index contributed by atoms with van der Waals surface area (Å²) in [6, 6.07) is 13.1. The third-order valence-electron chi connectivity index (χ3n) is 4.95. The number of aryl methyl sites for hydroxylation is 2. The Hall–Kier alpha value is -2.09. The molecule has 0 unspecified atom stereocenters. The van der Waals surface area contributed by atoms with Gasteiger partial charge in [0.15, 0.2) is 0 Å². The number of nitrogens with one attached hydrogen (secondary N) is 1. The lowest BCUT2D eigenvalue weighted by atomic mass is 10.1. The van der Waals surface area contributed by atoms with E-state index in [0.717, 1.165) is 16.8 Å². The quantitative estimate of drug-likeness (QED) is 0.757. The van der Waals surface area contributed by atoms with Gasteiger partial charge in [0.05, 0.1) is 16.5 Å². The molecule has 0 saturated carbocycles. The highest BCUT2D eigenvalue weighted by atomic mass is 35.5. The standard InChI is InChI=1S/C21H26ClN3O3S/c1-16-13-17(2)15-18(14-16)21(26)23-7-12-29(27,28)25-10-8-24(9-11-25)20-6-4-3-5-19(20)22/h3-6,13-15H,7-12H2,1-2H3,(H,23,26). The first-order valence-corrected chi connectivity index (χ1v) is 11.6. The molecule has 0 aliphatic carbocycles. The monoisotopic (exact) mass is 435 g/mol. The van der Waals surface area contributed by atoms with E-state index in [2.05, 4.69) is 10.2 Å². The van der Waals surface area contributed by atoms with Gasteiger partial charge in [0, 0.05) is 38.3 Å². The van der Waals surface area contributed by atoms with E-state index in [1.54, 1.807) is 12.1 Å². The van der Waals surface area contributed by atoms with E-state index in [4.69, 9.17) is 11.6 Å². The fraction of sp³-hybridized carbons (Fsp3) is 0.381. The maximum Gasteiger partial charge on any atom is 0.251 e. The number of hydrogen-bond acceptors (Lipinski definition) is 4. The number of sulfonamides is 1. The number of anilines is 1. The van der Waals surface area contributed by atoms with Gasteiger partial charge in [-0.25, -0.2) is 8.42 Å². The minimum absolute atomic E-state index is 0.0822. The second-order valence-corrected chi connectivity index (χ2v) is 9.78. The molecule has 0 bridgehead atoms. The zero-order valence-electron chi connectivity index (χ0n) is 16.7. The molecule has 3 rings (SSSR count). The van der Waals surface area contributed by atoms with Crippen molar-refractivity contribution in [3.63, 3.8) is 0 Å². The van der Waals surface area contributed by atoms with Crippen LogP contribution in [0, 0.1) is 13.8 Å². The average molecular weight is 436 g/mol. The van der Waals surface area contributed by atoms with Gasteiger partial charge in [0.1, 0.15) is 0 Å². The number of benzene rings is 2. The Morgan fingerprint density at radius 3 is 2.28 bits per heavy atom. The molecule has 1 fully saturated rings. The van der Waals surface area contributed by atoms with Crippen molar-refractivity contribution in [2.24, 2.45) is 0 Å². The molecule has 1 saturated heterocycles. The first kappa shape index (κ1) is 21.6. The van der Waals surface area contributed by atoms with Gasteiger partial charge in [-0.2, -0.15) is 4.31 Å². The summed E-state index contributed by atoms with van der Waals surface area (Å²) in [5.41, 5.74) is 3.47. The molecule has 8 heteroatoms. The lowest BCUT2D eigenvalue weighted by molar-refractivity contribution is 0.0956. The number of hydrogen-bond donors (Lipinski definition) is 1. The summed E-state index contributed by atoms with van der Waals surface area (Å²) in [6.07, 6.45) is 0. The normalized spacial score (nSPS) is 15.3. The van der Waals surface area contributed by atoms with Crippen LogP contribution < -0.4 is 10.2 Å². The Morgan fingerprint density at radius 2 is 1.66 bits per heavy atom. The molecule has 1 heterocycles. The highest BCUT2D eigenvalue weighted by Crippen LogP contribution is 2.26. The maximum absolute atomic E-state index is 12.7.